The van der Waals surface area contributed by atoms with E-state index in [0.29, 0.717) is 0 Å². The molecule has 0 bridgehead atoms. The van der Waals surface area contributed by atoms with Gasteiger partial charge in [-0.1, -0.05) is 0 Å². The number of hydrogen-bond donors (Lipinski definition) is 1. The van der Waals surface area contributed by atoms with Crippen molar-refractivity contribution in [2.24, 2.45) is 0 Å². The zero-order chi connectivity index (χ0) is 10.3. The maximum Gasteiger partial charge on any atom is 0.196 e. The van der Waals surface area contributed by atoms with Crippen molar-refractivity contribution in [2.75, 3.05) is 12.0 Å². The molecule has 7 nitrogen and oxygen atoms in total. The molecule has 0 spiro atoms. The smallest absolute Gasteiger partial charge is 0.196 e. The Kier molecular flexibility index (Phi) is 1.68. The van der Waals surface area contributed by atoms with Crippen molar-refractivity contribution in [1.82, 2.24) is 19.8 Å². The van der Waals surface area contributed by atoms with Crippen LogP contribution in [0.25, 0.3) is 5.65 Å². The molecule has 0 aliphatic heterocycles. The van der Waals surface area contributed by atoms with Crippen LogP contribution >= 0.6 is 0 Å². The summed E-state index contributed by atoms with van der Waals surface area (Å²) in [6.45, 7) is 0. The van der Waals surface area contributed by atoms with Gasteiger partial charge in [0.2, 0.25) is 0 Å². The van der Waals surface area contributed by atoms with Crippen LogP contribution in [0.4, 0.5) is 5.82 Å². The molecule has 2 N–H and O–H groups in total. The Balaban J connectivity index is 2.94. The van der Waals surface area contributed by atoms with Crippen molar-refractivity contribution in [1.29, 1.82) is 0 Å². The van der Waals surface area contributed by atoms with E-state index in [1.54, 1.807) is 0 Å². The van der Waals surface area contributed by atoms with Gasteiger partial charge in [-0.05, 0) is 0 Å². The second-order valence-corrected chi connectivity index (χ2v) is 4.79. The highest BCUT2D eigenvalue weighted by atomic mass is 32.2. The summed E-state index contributed by atoms with van der Waals surface area (Å²) in [5.41, 5.74) is 5.61. The molecule has 0 aliphatic carbocycles. The van der Waals surface area contributed by atoms with Crippen LogP contribution in [0.1, 0.15) is 0 Å². The van der Waals surface area contributed by atoms with Crippen LogP contribution in [0.3, 0.4) is 0 Å². The van der Waals surface area contributed by atoms with E-state index in [9.17, 15) is 8.42 Å². The van der Waals surface area contributed by atoms with Gasteiger partial charge in [-0.2, -0.15) is 4.52 Å². The van der Waals surface area contributed by atoms with Crippen LogP contribution in [0.5, 0.6) is 0 Å². The number of nitrogen functional groups attached to an aromatic ring is 1. The molecule has 0 fully saturated rings. The molecule has 0 radical (unpaired) electrons. The Labute approximate surface area is 79.5 Å². The molecule has 0 unspecified atom stereocenters. The fourth-order valence-electron chi connectivity index (χ4n) is 1.09. The van der Waals surface area contributed by atoms with Crippen LogP contribution in [-0.4, -0.2) is 34.5 Å². The molecule has 0 saturated carbocycles. The van der Waals surface area contributed by atoms with Crippen molar-refractivity contribution in [2.45, 2.75) is 4.90 Å². The Bertz CT molecular complexity index is 587. The minimum Gasteiger partial charge on any atom is -0.382 e. The predicted molar refractivity (Wildman–Crippen MR) is 48.3 cm³/mol. The first-order valence-electron chi connectivity index (χ1n) is 3.65. The van der Waals surface area contributed by atoms with E-state index >= 15 is 0 Å². The number of anilines is 1. The van der Waals surface area contributed by atoms with Gasteiger partial charge in [0.15, 0.2) is 15.5 Å². The summed E-state index contributed by atoms with van der Waals surface area (Å²) in [5.74, 6) is 0.109. The molecule has 0 saturated heterocycles. The van der Waals surface area contributed by atoms with Crippen LogP contribution < -0.4 is 5.73 Å². The standard InChI is InChI=1S/C6H7N5O2S/c1-14(12,13)4-2-5(7)10-11-3-8-9-6(4)11/h2-3H,1H3,(H2,7,10). The van der Waals surface area contributed by atoms with Gasteiger partial charge in [0, 0.05) is 12.3 Å². The van der Waals surface area contributed by atoms with Crippen LogP contribution in [-0.2, 0) is 9.84 Å². The Morgan fingerprint density at radius 1 is 1.50 bits per heavy atom. The molecular weight excluding hydrogens is 206 g/mol. The average Bonchev–Trinajstić information content (AvgIpc) is 2.47. The van der Waals surface area contributed by atoms with Gasteiger partial charge in [0.05, 0.1) is 0 Å². The number of hydrogen-bond acceptors (Lipinski definition) is 6. The first-order chi connectivity index (χ1) is 6.48. The van der Waals surface area contributed by atoms with E-state index in [-0.39, 0.29) is 16.4 Å². The lowest BCUT2D eigenvalue weighted by Crippen LogP contribution is -2.05. The number of nitrogens with zero attached hydrogens (tertiary/aromatic N) is 4. The van der Waals surface area contributed by atoms with E-state index in [0.717, 1.165) is 6.26 Å². The second-order valence-electron chi connectivity index (χ2n) is 2.80. The summed E-state index contributed by atoms with van der Waals surface area (Å²) in [6, 6.07) is 1.26. The third-order valence-electron chi connectivity index (χ3n) is 1.65. The second kappa shape index (κ2) is 2.64. The SMILES string of the molecule is CS(=O)(=O)c1cc(N)nn2cnnc12. The Hall–Kier alpha value is -1.70. The lowest BCUT2D eigenvalue weighted by Gasteiger charge is -2.00. The maximum absolute atomic E-state index is 11.3. The molecule has 8 heteroatoms. The highest BCUT2D eigenvalue weighted by Gasteiger charge is 2.15. The van der Waals surface area contributed by atoms with E-state index in [1.165, 1.54) is 16.9 Å². The lowest BCUT2D eigenvalue weighted by atomic mass is 10.5. The third kappa shape index (κ3) is 1.29. The fraction of sp³-hybridized carbons (Fsp3) is 0.167. The number of rotatable bonds is 1. The average molecular weight is 213 g/mol. The van der Waals surface area contributed by atoms with E-state index in [1.807, 2.05) is 0 Å². The Morgan fingerprint density at radius 3 is 2.86 bits per heavy atom. The molecule has 74 valence electrons. The quantitative estimate of drug-likeness (QED) is 0.659. The van der Waals surface area contributed by atoms with Crippen molar-refractivity contribution in [3.8, 4) is 0 Å². The third-order valence-corrected chi connectivity index (χ3v) is 2.75. The summed E-state index contributed by atoms with van der Waals surface area (Å²) in [4.78, 5) is 0.0301. The lowest BCUT2D eigenvalue weighted by molar-refractivity contribution is 0.601. The monoisotopic (exact) mass is 213 g/mol. The molecule has 0 aromatic carbocycles. The molecule has 0 atom stereocenters. The summed E-state index contributed by atoms with van der Waals surface area (Å²) >= 11 is 0. The van der Waals surface area contributed by atoms with Gasteiger partial charge in [0.1, 0.15) is 17.0 Å². The van der Waals surface area contributed by atoms with Gasteiger partial charge < -0.3 is 5.73 Å². The topological polar surface area (TPSA) is 103 Å². The molecule has 2 aromatic rings. The molecule has 2 rings (SSSR count). The minimum absolute atomic E-state index is 0.0301. The maximum atomic E-state index is 11.3. The number of sulfone groups is 1. The summed E-state index contributed by atoms with van der Waals surface area (Å²) in [7, 11) is -3.37. The zero-order valence-electron chi connectivity index (χ0n) is 7.25. The van der Waals surface area contributed by atoms with Crippen molar-refractivity contribution in [3.63, 3.8) is 0 Å². The molecule has 14 heavy (non-hydrogen) atoms. The summed E-state index contributed by atoms with van der Waals surface area (Å²) in [5, 5.41) is 11.0. The number of nitrogens with two attached hydrogens (primary N) is 1. The molecular formula is C6H7N5O2S. The van der Waals surface area contributed by atoms with Crippen LogP contribution in [0, 0.1) is 0 Å². The largest absolute Gasteiger partial charge is 0.382 e. The highest BCUT2D eigenvalue weighted by molar-refractivity contribution is 7.91. The number of fused-ring (bicyclic) bond motifs is 1. The molecule has 2 heterocycles. The molecule has 0 amide bonds. The normalized spacial score (nSPS) is 12.1. The summed E-state index contributed by atoms with van der Waals surface area (Å²) < 4.78 is 23.9. The van der Waals surface area contributed by atoms with Gasteiger partial charge in [0.25, 0.3) is 0 Å². The van der Waals surface area contributed by atoms with E-state index in [4.69, 9.17) is 5.73 Å². The van der Waals surface area contributed by atoms with Crippen molar-refractivity contribution >= 4 is 21.3 Å². The first-order valence-corrected chi connectivity index (χ1v) is 5.54. The van der Waals surface area contributed by atoms with Crippen LogP contribution in [0.15, 0.2) is 17.3 Å². The fourth-order valence-corrected chi connectivity index (χ4v) is 1.89. The van der Waals surface area contributed by atoms with Gasteiger partial charge in [-0.3, -0.25) is 0 Å². The minimum atomic E-state index is -3.37. The van der Waals surface area contributed by atoms with Crippen molar-refractivity contribution in [3.05, 3.63) is 12.4 Å². The van der Waals surface area contributed by atoms with Gasteiger partial charge in [-0.15, -0.1) is 15.3 Å². The zero-order valence-corrected chi connectivity index (χ0v) is 8.06. The number of aromatic nitrogens is 4. The first kappa shape index (κ1) is 8.88. The van der Waals surface area contributed by atoms with E-state index in [2.05, 4.69) is 15.3 Å². The van der Waals surface area contributed by atoms with Crippen LogP contribution in [0.2, 0.25) is 0 Å². The van der Waals surface area contributed by atoms with E-state index < -0.39 is 9.84 Å². The van der Waals surface area contributed by atoms with Gasteiger partial charge >= 0.3 is 0 Å². The molecule has 0 aliphatic rings. The Morgan fingerprint density at radius 2 is 2.21 bits per heavy atom. The van der Waals surface area contributed by atoms with Crippen molar-refractivity contribution < 1.29 is 8.42 Å². The summed E-state index contributed by atoms with van der Waals surface area (Å²) in [6.07, 6.45) is 2.37. The predicted octanol–water partition coefficient (Wildman–Crippen LogP) is -0.890. The van der Waals surface area contributed by atoms with Gasteiger partial charge in [-0.25, -0.2) is 8.42 Å². The highest BCUT2D eigenvalue weighted by Crippen LogP contribution is 2.15. The molecule has 2 aromatic heterocycles.